The summed E-state index contributed by atoms with van der Waals surface area (Å²) in [5, 5.41) is 2.43. The van der Waals surface area contributed by atoms with E-state index in [4.69, 9.17) is 4.74 Å². The topological polar surface area (TPSA) is 41.6 Å². The normalized spacial score (nSPS) is 35.6. The Labute approximate surface area is 103 Å². The second-order valence-electron chi connectivity index (χ2n) is 4.97. The van der Waals surface area contributed by atoms with E-state index in [1.165, 1.54) is 7.11 Å². The zero-order valence-electron chi connectivity index (χ0n) is 10.2. The molecule has 0 aromatic heterocycles. The predicted molar refractivity (Wildman–Crippen MR) is 58.0 cm³/mol. The van der Waals surface area contributed by atoms with E-state index in [9.17, 15) is 18.0 Å². The van der Waals surface area contributed by atoms with E-state index < -0.39 is 24.2 Å². The SMILES string of the molecule is COC(=O)C1(NCC(F)(F)F)CCN2CCC1C2. The van der Waals surface area contributed by atoms with Crippen molar-refractivity contribution in [2.45, 2.75) is 24.6 Å². The van der Waals surface area contributed by atoms with E-state index >= 15 is 0 Å². The van der Waals surface area contributed by atoms with Crippen molar-refractivity contribution < 1.29 is 22.7 Å². The van der Waals surface area contributed by atoms with E-state index in [0.717, 1.165) is 13.0 Å². The van der Waals surface area contributed by atoms with E-state index in [2.05, 4.69) is 10.2 Å². The van der Waals surface area contributed by atoms with E-state index in [1.54, 1.807) is 0 Å². The molecule has 18 heavy (non-hydrogen) atoms. The maximum absolute atomic E-state index is 12.4. The van der Waals surface area contributed by atoms with Crippen molar-refractivity contribution in [3.63, 3.8) is 0 Å². The van der Waals surface area contributed by atoms with Gasteiger partial charge in [-0.3, -0.25) is 10.1 Å². The third-order valence-corrected chi connectivity index (χ3v) is 3.95. The number of fused-ring (bicyclic) bond motifs is 2. The van der Waals surface area contributed by atoms with Crippen LogP contribution in [0.4, 0.5) is 13.2 Å². The first-order chi connectivity index (χ1) is 8.37. The van der Waals surface area contributed by atoms with Gasteiger partial charge in [0.25, 0.3) is 0 Å². The summed E-state index contributed by atoms with van der Waals surface area (Å²) in [6.07, 6.45) is -3.21. The van der Waals surface area contributed by atoms with Crippen LogP contribution in [-0.4, -0.2) is 55.9 Å². The van der Waals surface area contributed by atoms with Crippen LogP contribution in [0.2, 0.25) is 0 Å². The van der Waals surface area contributed by atoms with Gasteiger partial charge in [0.05, 0.1) is 13.7 Å². The Morgan fingerprint density at radius 1 is 1.50 bits per heavy atom. The number of carbonyl (C=O) groups excluding carboxylic acids is 1. The molecule has 0 radical (unpaired) electrons. The molecule has 0 aromatic carbocycles. The molecule has 2 heterocycles. The second kappa shape index (κ2) is 4.70. The number of piperidine rings is 1. The number of esters is 1. The quantitative estimate of drug-likeness (QED) is 0.766. The highest BCUT2D eigenvalue weighted by Crippen LogP contribution is 2.37. The summed E-state index contributed by atoms with van der Waals surface area (Å²) in [6.45, 7) is 0.992. The van der Waals surface area contributed by atoms with Crippen LogP contribution < -0.4 is 5.32 Å². The monoisotopic (exact) mass is 266 g/mol. The molecule has 2 fully saturated rings. The lowest BCUT2D eigenvalue weighted by Crippen LogP contribution is -2.63. The number of nitrogens with zero attached hydrogens (tertiary/aromatic N) is 1. The molecule has 0 aromatic rings. The number of ether oxygens (including phenoxy) is 1. The Kier molecular flexibility index (Phi) is 3.55. The lowest BCUT2D eigenvalue weighted by atomic mass is 9.78. The first-order valence-corrected chi connectivity index (χ1v) is 6.00. The predicted octanol–water partition coefficient (Wildman–Crippen LogP) is 0.776. The molecule has 2 bridgehead atoms. The van der Waals surface area contributed by atoms with Crippen molar-refractivity contribution in [2.75, 3.05) is 33.3 Å². The molecule has 3 unspecified atom stereocenters. The molecule has 0 aliphatic carbocycles. The van der Waals surface area contributed by atoms with Gasteiger partial charge in [0, 0.05) is 19.0 Å². The van der Waals surface area contributed by atoms with Crippen molar-refractivity contribution in [3.05, 3.63) is 0 Å². The third kappa shape index (κ3) is 2.47. The zero-order valence-corrected chi connectivity index (χ0v) is 10.2. The Bertz CT molecular complexity index is 335. The molecule has 0 spiro atoms. The third-order valence-electron chi connectivity index (χ3n) is 3.95. The van der Waals surface area contributed by atoms with Crippen LogP contribution in [0.5, 0.6) is 0 Å². The van der Waals surface area contributed by atoms with Crippen molar-refractivity contribution in [1.82, 2.24) is 10.2 Å². The first kappa shape index (κ1) is 13.6. The molecule has 104 valence electrons. The van der Waals surface area contributed by atoms with Gasteiger partial charge in [0.1, 0.15) is 5.54 Å². The van der Waals surface area contributed by atoms with Gasteiger partial charge in [-0.15, -0.1) is 0 Å². The fourth-order valence-electron chi connectivity index (χ4n) is 2.99. The minimum absolute atomic E-state index is 0.0963. The summed E-state index contributed by atoms with van der Waals surface area (Å²) in [5.74, 6) is -0.667. The van der Waals surface area contributed by atoms with Gasteiger partial charge in [-0.2, -0.15) is 13.2 Å². The summed E-state index contributed by atoms with van der Waals surface area (Å²) in [5.41, 5.74) is -1.17. The van der Waals surface area contributed by atoms with Crippen LogP contribution in [0.25, 0.3) is 0 Å². The van der Waals surface area contributed by atoms with Gasteiger partial charge in [-0.05, 0) is 19.4 Å². The highest BCUT2D eigenvalue weighted by molar-refractivity contribution is 5.81. The molecule has 2 aliphatic rings. The van der Waals surface area contributed by atoms with Gasteiger partial charge in [-0.1, -0.05) is 0 Å². The average Bonchev–Trinajstić information content (AvgIpc) is 2.71. The number of hydrogen-bond donors (Lipinski definition) is 1. The summed E-state index contributed by atoms with van der Waals surface area (Å²) < 4.78 is 41.8. The Hall–Kier alpha value is -0.820. The number of methoxy groups -OCH3 is 1. The molecular formula is C11H17F3N2O2. The molecule has 2 rings (SSSR count). The van der Waals surface area contributed by atoms with Gasteiger partial charge in [0.2, 0.25) is 0 Å². The minimum atomic E-state index is -4.32. The minimum Gasteiger partial charge on any atom is -0.468 e. The van der Waals surface area contributed by atoms with Crippen LogP contribution in [-0.2, 0) is 9.53 Å². The van der Waals surface area contributed by atoms with E-state index in [-0.39, 0.29) is 5.92 Å². The summed E-state index contributed by atoms with van der Waals surface area (Å²) >= 11 is 0. The van der Waals surface area contributed by atoms with E-state index in [1.807, 2.05) is 0 Å². The van der Waals surface area contributed by atoms with Crippen LogP contribution in [0.3, 0.4) is 0 Å². The molecule has 0 amide bonds. The molecule has 7 heteroatoms. The van der Waals surface area contributed by atoms with Crippen molar-refractivity contribution in [3.8, 4) is 0 Å². The van der Waals surface area contributed by atoms with Crippen molar-refractivity contribution in [2.24, 2.45) is 5.92 Å². The average molecular weight is 266 g/mol. The number of hydrogen-bond acceptors (Lipinski definition) is 4. The van der Waals surface area contributed by atoms with E-state index in [0.29, 0.717) is 19.5 Å². The lowest BCUT2D eigenvalue weighted by molar-refractivity contribution is -0.158. The highest BCUT2D eigenvalue weighted by atomic mass is 19.4. The molecule has 2 saturated heterocycles. The fourth-order valence-corrected chi connectivity index (χ4v) is 2.99. The van der Waals surface area contributed by atoms with Crippen molar-refractivity contribution in [1.29, 1.82) is 0 Å². The zero-order chi connectivity index (χ0) is 13.4. The highest BCUT2D eigenvalue weighted by Gasteiger charge is 2.53. The number of alkyl halides is 3. The Morgan fingerprint density at radius 2 is 2.22 bits per heavy atom. The molecule has 2 aliphatic heterocycles. The number of rotatable bonds is 3. The van der Waals surface area contributed by atoms with Crippen LogP contribution in [0, 0.1) is 5.92 Å². The molecule has 1 N–H and O–H groups in total. The fraction of sp³-hybridized carbons (Fsp3) is 0.909. The second-order valence-corrected chi connectivity index (χ2v) is 4.97. The molecule has 0 saturated carbocycles. The Balaban J connectivity index is 2.15. The van der Waals surface area contributed by atoms with Crippen molar-refractivity contribution >= 4 is 5.97 Å². The van der Waals surface area contributed by atoms with Gasteiger partial charge in [0.15, 0.2) is 0 Å². The van der Waals surface area contributed by atoms with Crippen LogP contribution in [0.1, 0.15) is 12.8 Å². The summed E-state index contributed by atoms with van der Waals surface area (Å²) in [7, 11) is 1.22. The maximum Gasteiger partial charge on any atom is 0.401 e. The summed E-state index contributed by atoms with van der Waals surface area (Å²) in [4.78, 5) is 14.1. The standard InChI is InChI=1S/C11H17F3N2O2/c1-18-9(17)10(15-7-11(12,13)14)3-5-16-4-2-8(10)6-16/h8,15H,2-7H2,1H3. The van der Waals surface area contributed by atoms with Crippen LogP contribution in [0.15, 0.2) is 0 Å². The molecular weight excluding hydrogens is 249 g/mol. The molecule has 4 nitrogen and oxygen atoms in total. The Morgan fingerprint density at radius 3 is 2.83 bits per heavy atom. The van der Waals surface area contributed by atoms with Gasteiger partial charge < -0.3 is 9.64 Å². The smallest absolute Gasteiger partial charge is 0.401 e. The summed E-state index contributed by atoms with van der Waals surface area (Å²) in [6, 6.07) is 0. The largest absolute Gasteiger partial charge is 0.468 e. The van der Waals surface area contributed by atoms with Crippen LogP contribution >= 0.6 is 0 Å². The number of carbonyl (C=O) groups is 1. The van der Waals surface area contributed by atoms with Gasteiger partial charge >= 0.3 is 12.1 Å². The lowest BCUT2D eigenvalue weighted by Gasteiger charge is -2.41. The maximum atomic E-state index is 12.4. The number of halogens is 3. The molecule has 3 atom stereocenters. The first-order valence-electron chi connectivity index (χ1n) is 6.00. The number of nitrogens with one attached hydrogen (secondary N) is 1. The van der Waals surface area contributed by atoms with Gasteiger partial charge in [-0.25, -0.2) is 0 Å².